The molecule has 0 spiro atoms. The molecule has 29 heavy (non-hydrogen) atoms. The van der Waals surface area contributed by atoms with Crippen molar-refractivity contribution in [1.29, 1.82) is 0 Å². The molecule has 0 aromatic heterocycles. The lowest BCUT2D eigenvalue weighted by molar-refractivity contribution is -0.139. The third-order valence-corrected chi connectivity index (χ3v) is 6.06. The molecule has 4 nitrogen and oxygen atoms in total. The number of amides is 2. The zero-order chi connectivity index (χ0) is 21.4. The van der Waals surface area contributed by atoms with E-state index in [-0.39, 0.29) is 24.1 Å². The smallest absolute Gasteiger partial charge is 0.242 e. The summed E-state index contributed by atoms with van der Waals surface area (Å²) in [5.74, 6) is -0.0297. The molecule has 1 unspecified atom stereocenters. The lowest BCUT2D eigenvalue weighted by Gasteiger charge is -2.30. The van der Waals surface area contributed by atoms with Gasteiger partial charge >= 0.3 is 0 Å². The van der Waals surface area contributed by atoms with Crippen molar-refractivity contribution in [2.75, 3.05) is 12.3 Å². The fourth-order valence-electron chi connectivity index (χ4n) is 2.91. The van der Waals surface area contributed by atoms with Crippen LogP contribution >= 0.6 is 35.0 Å². The van der Waals surface area contributed by atoms with E-state index in [1.165, 1.54) is 17.3 Å². The molecule has 0 aliphatic carbocycles. The van der Waals surface area contributed by atoms with Crippen LogP contribution in [0.5, 0.6) is 0 Å². The second kappa shape index (κ2) is 11.5. The summed E-state index contributed by atoms with van der Waals surface area (Å²) >= 11 is 13.8. The number of hydrogen-bond donors (Lipinski definition) is 1. The Kier molecular flexibility index (Phi) is 9.34. The standard InChI is InChI=1S/C22H26Cl2N2O2S/c1-4-20(22(28)25-5-2)26(13-16-8-9-17(23)12-19(16)24)21(27)14-29-18-10-6-15(3)7-11-18/h6-12,20H,4-5,13-14H2,1-3H3,(H,25,28). The number of benzene rings is 2. The van der Waals surface area contributed by atoms with Crippen LogP contribution in [-0.4, -0.2) is 35.1 Å². The summed E-state index contributed by atoms with van der Waals surface area (Å²) in [5, 5.41) is 3.84. The van der Waals surface area contributed by atoms with Gasteiger partial charge in [0.2, 0.25) is 11.8 Å². The number of carbonyl (C=O) groups is 2. The first kappa shape index (κ1) is 23.6. The molecule has 1 N–H and O–H groups in total. The Hall–Kier alpha value is -1.69. The van der Waals surface area contributed by atoms with E-state index in [0.717, 1.165) is 10.5 Å². The van der Waals surface area contributed by atoms with Crippen molar-refractivity contribution in [3.05, 3.63) is 63.6 Å². The summed E-state index contributed by atoms with van der Waals surface area (Å²) in [5.41, 5.74) is 1.93. The average molecular weight is 453 g/mol. The summed E-state index contributed by atoms with van der Waals surface area (Å²) in [6.07, 6.45) is 0.512. The SMILES string of the molecule is CCNC(=O)C(CC)N(Cc1ccc(Cl)cc1Cl)C(=O)CSc1ccc(C)cc1. The quantitative estimate of drug-likeness (QED) is 0.522. The highest BCUT2D eigenvalue weighted by atomic mass is 35.5. The van der Waals surface area contributed by atoms with Gasteiger partial charge in [0.05, 0.1) is 5.75 Å². The first-order valence-corrected chi connectivity index (χ1v) is 11.3. The first-order valence-electron chi connectivity index (χ1n) is 9.56. The summed E-state index contributed by atoms with van der Waals surface area (Å²) < 4.78 is 0. The maximum absolute atomic E-state index is 13.1. The largest absolute Gasteiger partial charge is 0.355 e. The van der Waals surface area contributed by atoms with Gasteiger partial charge in [-0.15, -0.1) is 11.8 Å². The van der Waals surface area contributed by atoms with Crippen molar-refractivity contribution in [2.45, 2.75) is 44.7 Å². The maximum atomic E-state index is 13.1. The third-order valence-electron chi connectivity index (χ3n) is 4.48. The van der Waals surface area contributed by atoms with Gasteiger partial charge in [-0.1, -0.05) is 53.9 Å². The van der Waals surface area contributed by atoms with Gasteiger partial charge in [0.25, 0.3) is 0 Å². The van der Waals surface area contributed by atoms with E-state index in [9.17, 15) is 9.59 Å². The molecular weight excluding hydrogens is 427 g/mol. The zero-order valence-electron chi connectivity index (χ0n) is 16.9. The Bertz CT molecular complexity index is 843. The number of hydrogen-bond acceptors (Lipinski definition) is 3. The number of thioether (sulfide) groups is 1. The van der Waals surface area contributed by atoms with E-state index in [1.54, 1.807) is 23.1 Å². The van der Waals surface area contributed by atoms with Gasteiger partial charge in [-0.3, -0.25) is 9.59 Å². The van der Waals surface area contributed by atoms with Crippen LogP contribution < -0.4 is 5.32 Å². The highest BCUT2D eigenvalue weighted by molar-refractivity contribution is 8.00. The molecule has 0 aliphatic rings. The normalized spacial score (nSPS) is 11.8. The maximum Gasteiger partial charge on any atom is 0.242 e. The van der Waals surface area contributed by atoms with Crippen LogP contribution in [0.2, 0.25) is 10.0 Å². The van der Waals surface area contributed by atoms with Gasteiger partial charge in [-0.25, -0.2) is 0 Å². The monoisotopic (exact) mass is 452 g/mol. The van der Waals surface area contributed by atoms with E-state index < -0.39 is 6.04 Å². The second-order valence-electron chi connectivity index (χ2n) is 6.68. The van der Waals surface area contributed by atoms with Crippen LogP contribution in [0.1, 0.15) is 31.4 Å². The number of aryl methyl sites for hydroxylation is 1. The second-order valence-corrected chi connectivity index (χ2v) is 8.57. The lowest BCUT2D eigenvalue weighted by Crippen LogP contribution is -2.49. The summed E-state index contributed by atoms with van der Waals surface area (Å²) in [6.45, 7) is 6.54. The number of rotatable bonds is 9. The highest BCUT2D eigenvalue weighted by Crippen LogP contribution is 2.25. The molecule has 0 radical (unpaired) electrons. The third kappa shape index (κ3) is 6.95. The predicted molar refractivity (Wildman–Crippen MR) is 122 cm³/mol. The van der Waals surface area contributed by atoms with Gasteiger partial charge in [-0.05, 0) is 50.1 Å². The van der Waals surface area contributed by atoms with Crippen LogP contribution in [0, 0.1) is 6.92 Å². The molecule has 1 atom stereocenters. The molecular formula is C22H26Cl2N2O2S. The molecule has 2 rings (SSSR count). The number of likely N-dealkylation sites (N-methyl/N-ethyl adjacent to an activating group) is 1. The molecule has 156 valence electrons. The van der Waals surface area contributed by atoms with Crippen LogP contribution in [0.3, 0.4) is 0 Å². The van der Waals surface area contributed by atoms with Gasteiger partial charge in [0.15, 0.2) is 0 Å². The molecule has 2 aromatic carbocycles. The van der Waals surface area contributed by atoms with E-state index in [0.29, 0.717) is 23.0 Å². The van der Waals surface area contributed by atoms with Gasteiger partial charge in [0.1, 0.15) is 6.04 Å². The van der Waals surface area contributed by atoms with Crippen molar-refractivity contribution in [3.63, 3.8) is 0 Å². The molecule has 2 aromatic rings. The Labute approximate surface area is 187 Å². The predicted octanol–water partition coefficient (Wildman–Crippen LogP) is 5.34. The number of carbonyl (C=O) groups excluding carboxylic acids is 2. The van der Waals surface area contributed by atoms with Crippen LogP contribution in [0.4, 0.5) is 0 Å². The minimum absolute atomic E-state index is 0.111. The highest BCUT2D eigenvalue weighted by Gasteiger charge is 2.28. The van der Waals surface area contributed by atoms with Gasteiger partial charge < -0.3 is 10.2 Å². The van der Waals surface area contributed by atoms with Gasteiger partial charge in [-0.2, -0.15) is 0 Å². The molecule has 0 bridgehead atoms. The number of halogens is 2. The van der Waals surface area contributed by atoms with Crippen LogP contribution in [0.25, 0.3) is 0 Å². The Balaban J connectivity index is 2.22. The topological polar surface area (TPSA) is 49.4 Å². The minimum Gasteiger partial charge on any atom is -0.355 e. The van der Waals surface area contributed by atoms with Crippen molar-refractivity contribution in [1.82, 2.24) is 10.2 Å². The van der Waals surface area contributed by atoms with Crippen molar-refractivity contribution in [2.24, 2.45) is 0 Å². The van der Waals surface area contributed by atoms with Crippen LogP contribution in [0.15, 0.2) is 47.4 Å². The number of nitrogens with zero attached hydrogens (tertiary/aromatic N) is 1. The van der Waals surface area contributed by atoms with E-state index in [2.05, 4.69) is 5.32 Å². The lowest BCUT2D eigenvalue weighted by atomic mass is 10.1. The fraction of sp³-hybridized carbons (Fsp3) is 0.364. The summed E-state index contributed by atoms with van der Waals surface area (Å²) in [4.78, 5) is 28.4. The molecule has 7 heteroatoms. The number of nitrogens with one attached hydrogen (secondary N) is 1. The van der Waals surface area contributed by atoms with Crippen molar-refractivity contribution < 1.29 is 9.59 Å². The Morgan fingerprint density at radius 3 is 2.38 bits per heavy atom. The van der Waals surface area contributed by atoms with E-state index in [1.807, 2.05) is 45.0 Å². The fourth-order valence-corrected chi connectivity index (χ4v) is 4.16. The molecule has 0 saturated carbocycles. The summed E-state index contributed by atoms with van der Waals surface area (Å²) in [7, 11) is 0. The Morgan fingerprint density at radius 1 is 1.10 bits per heavy atom. The Morgan fingerprint density at radius 2 is 1.79 bits per heavy atom. The van der Waals surface area contributed by atoms with E-state index >= 15 is 0 Å². The van der Waals surface area contributed by atoms with Crippen LogP contribution in [-0.2, 0) is 16.1 Å². The molecule has 0 saturated heterocycles. The van der Waals surface area contributed by atoms with Crippen molar-refractivity contribution in [3.8, 4) is 0 Å². The molecule has 0 heterocycles. The first-order chi connectivity index (χ1) is 13.8. The van der Waals surface area contributed by atoms with Gasteiger partial charge in [0, 0.05) is 28.0 Å². The minimum atomic E-state index is -0.562. The summed E-state index contributed by atoms with van der Waals surface area (Å²) in [6, 6.07) is 12.6. The molecule has 2 amide bonds. The van der Waals surface area contributed by atoms with E-state index in [4.69, 9.17) is 23.2 Å². The zero-order valence-corrected chi connectivity index (χ0v) is 19.2. The molecule has 0 aliphatic heterocycles. The van der Waals surface area contributed by atoms with Crippen molar-refractivity contribution >= 4 is 46.8 Å². The average Bonchev–Trinajstić information content (AvgIpc) is 2.69. The molecule has 0 fully saturated rings.